The number of nitrogens with one attached hydrogen (secondary N) is 1. The van der Waals surface area contributed by atoms with Crippen molar-refractivity contribution in [3.63, 3.8) is 0 Å². The number of rotatable bonds is 6. The highest BCUT2D eigenvalue weighted by Gasteiger charge is 2.35. The van der Waals surface area contributed by atoms with Crippen molar-refractivity contribution in [1.82, 2.24) is 20.2 Å². The largest absolute Gasteiger partial charge is 0.497 e. The molecular formula is C16H19N5O4. The molecule has 9 heteroatoms. The van der Waals surface area contributed by atoms with Crippen LogP contribution in [0.2, 0.25) is 0 Å². The normalized spacial score (nSPS) is 16.2. The van der Waals surface area contributed by atoms with Crippen molar-refractivity contribution in [2.75, 3.05) is 32.8 Å². The monoisotopic (exact) mass is 345 g/mol. The van der Waals surface area contributed by atoms with Gasteiger partial charge >= 0.3 is 5.97 Å². The van der Waals surface area contributed by atoms with E-state index in [1.807, 2.05) is 24.3 Å². The molecule has 0 amide bonds. The van der Waals surface area contributed by atoms with Crippen molar-refractivity contribution in [2.45, 2.75) is 13.0 Å². The Morgan fingerprint density at radius 3 is 2.92 bits per heavy atom. The van der Waals surface area contributed by atoms with Crippen LogP contribution in [0.4, 0.5) is 5.95 Å². The number of carbonyl (C=O) groups excluding carboxylic acids is 1. The zero-order valence-electron chi connectivity index (χ0n) is 14.2. The summed E-state index contributed by atoms with van der Waals surface area (Å²) in [6, 6.07) is 6.90. The molecule has 1 aromatic heterocycles. The van der Waals surface area contributed by atoms with Crippen LogP contribution in [0, 0.1) is 0 Å². The van der Waals surface area contributed by atoms with Crippen LogP contribution in [-0.2, 0) is 14.3 Å². The molecule has 132 valence electrons. The van der Waals surface area contributed by atoms with E-state index in [9.17, 15) is 4.79 Å². The van der Waals surface area contributed by atoms with Crippen molar-refractivity contribution < 1.29 is 19.0 Å². The molecule has 9 nitrogen and oxygen atoms in total. The Morgan fingerprint density at radius 1 is 1.32 bits per heavy atom. The van der Waals surface area contributed by atoms with E-state index in [-0.39, 0.29) is 6.61 Å². The first-order valence-corrected chi connectivity index (χ1v) is 7.71. The molecule has 1 atom stereocenters. The van der Waals surface area contributed by atoms with E-state index in [1.165, 1.54) is 0 Å². The second kappa shape index (κ2) is 7.31. The average molecular weight is 345 g/mol. The van der Waals surface area contributed by atoms with E-state index < -0.39 is 12.0 Å². The smallest absolute Gasteiger partial charge is 0.338 e. The number of carbonyl (C=O) groups is 1. The molecule has 0 saturated heterocycles. The number of nitrogens with zero attached hydrogens (tertiary/aromatic N) is 4. The fourth-order valence-electron chi connectivity index (χ4n) is 2.69. The van der Waals surface area contributed by atoms with Gasteiger partial charge in [-0.1, -0.05) is 17.2 Å². The first kappa shape index (κ1) is 16.9. The summed E-state index contributed by atoms with van der Waals surface area (Å²) in [5.41, 5.74) is 1.88. The van der Waals surface area contributed by atoms with Crippen molar-refractivity contribution in [2.24, 2.45) is 0 Å². The number of tetrazole rings is 1. The fourth-order valence-corrected chi connectivity index (χ4v) is 2.69. The van der Waals surface area contributed by atoms with Gasteiger partial charge in [-0.25, -0.2) is 4.79 Å². The summed E-state index contributed by atoms with van der Waals surface area (Å²) in [6.45, 7) is 2.28. The Hall–Kier alpha value is -2.94. The molecule has 0 fully saturated rings. The Bertz CT molecular complexity index is 801. The molecule has 2 aromatic rings. The van der Waals surface area contributed by atoms with Crippen LogP contribution in [0.1, 0.15) is 18.5 Å². The summed E-state index contributed by atoms with van der Waals surface area (Å²) < 4.78 is 17.1. The number of hydrogen-bond donors (Lipinski definition) is 1. The van der Waals surface area contributed by atoms with Gasteiger partial charge in [0, 0.05) is 12.8 Å². The topological polar surface area (TPSA) is 100 Å². The van der Waals surface area contributed by atoms with Crippen LogP contribution in [0.25, 0.3) is 0 Å². The van der Waals surface area contributed by atoms with Crippen LogP contribution in [0.15, 0.2) is 35.5 Å². The average Bonchev–Trinajstić information content (AvgIpc) is 3.08. The van der Waals surface area contributed by atoms with Gasteiger partial charge in [-0.15, -0.1) is 0 Å². The van der Waals surface area contributed by atoms with Crippen LogP contribution >= 0.6 is 0 Å². The van der Waals surface area contributed by atoms with Gasteiger partial charge in [0.15, 0.2) is 0 Å². The van der Waals surface area contributed by atoms with E-state index in [0.29, 0.717) is 29.6 Å². The predicted octanol–water partition coefficient (Wildman–Crippen LogP) is 1.16. The van der Waals surface area contributed by atoms with E-state index in [4.69, 9.17) is 14.2 Å². The van der Waals surface area contributed by atoms with Crippen molar-refractivity contribution in [3.8, 4) is 5.75 Å². The third-order valence-corrected chi connectivity index (χ3v) is 3.86. The highest BCUT2D eigenvalue weighted by molar-refractivity contribution is 5.92. The molecule has 0 bridgehead atoms. The quantitative estimate of drug-likeness (QED) is 0.615. The Morgan fingerprint density at radius 2 is 2.16 bits per heavy atom. The molecule has 1 N–H and O–H groups in total. The molecule has 0 aliphatic carbocycles. The van der Waals surface area contributed by atoms with Gasteiger partial charge in [0.25, 0.3) is 0 Å². The van der Waals surface area contributed by atoms with Crippen LogP contribution < -0.4 is 10.1 Å². The highest BCUT2D eigenvalue weighted by atomic mass is 16.6. The number of methoxy groups -OCH3 is 2. The van der Waals surface area contributed by atoms with Gasteiger partial charge < -0.3 is 19.5 Å². The van der Waals surface area contributed by atoms with Crippen LogP contribution in [0.5, 0.6) is 5.75 Å². The molecule has 1 unspecified atom stereocenters. The van der Waals surface area contributed by atoms with Crippen LogP contribution in [0.3, 0.4) is 0 Å². The van der Waals surface area contributed by atoms with Crippen molar-refractivity contribution in [3.05, 3.63) is 41.1 Å². The number of benzene rings is 1. The van der Waals surface area contributed by atoms with Gasteiger partial charge in [-0.05, 0) is 35.0 Å². The molecule has 1 aromatic carbocycles. The first-order valence-electron chi connectivity index (χ1n) is 7.71. The second-order valence-electron chi connectivity index (χ2n) is 5.42. The molecule has 0 radical (unpaired) electrons. The number of hydrogen-bond acceptors (Lipinski definition) is 8. The second-order valence-corrected chi connectivity index (χ2v) is 5.42. The van der Waals surface area contributed by atoms with E-state index in [1.54, 1.807) is 25.8 Å². The third-order valence-electron chi connectivity index (χ3n) is 3.86. The zero-order chi connectivity index (χ0) is 17.8. The summed E-state index contributed by atoms with van der Waals surface area (Å²) in [6.07, 6.45) is 0. The minimum absolute atomic E-state index is 0.166. The number of aromatic nitrogens is 4. The maximum atomic E-state index is 12.7. The van der Waals surface area contributed by atoms with Gasteiger partial charge in [-0.3, -0.25) is 0 Å². The van der Waals surface area contributed by atoms with Gasteiger partial charge in [0.05, 0.1) is 19.3 Å². The molecule has 2 heterocycles. The molecule has 1 aliphatic rings. The predicted molar refractivity (Wildman–Crippen MR) is 88.1 cm³/mol. The summed E-state index contributed by atoms with van der Waals surface area (Å²) in [5.74, 6) is 0.685. The zero-order valence-corrected chi connectivity index (χ0v) is 14.2. The van der Waals surface area contributed by atoms with Gasteiger partial charge in [0.1, 0.15) is 18.4 Å². The number of fused-ring (bicyclic) bond motifs is 1. The minimum atomic E-state index is -0.517. The lowest BCUT2D eigenvalue weighted by Crippen LogP contribution is -2.30. The summed E-state index contributed by atoms with van der Waals surface area (Å²) >= 11 is 0. The Balaban J connectivity index is 2.02. The van der Waals surface area contributed by atoms with Crippen molar-refractivity contribution in [1.29, 1.82) is 0 Å². The number of anilines is 1. The minimum Gasteiger partial charge on any atom is -0.497 e. The SMILES string of the molecule is COCCOC(=O)C1=C(C)Nc2nnnn2C1c1cccc(OC)c1. The first-order chi connectivity index (χ1) is 12.2. The van der Waals surface area contributed by atoms with E-state index in [2.05, 4.69) is 20.8 Å². The molecule has 25 heavy (non-hydrogen) atoms. The van der Waals surface area contributed by atoms with Crippen LogP contribution in [-0.4, -0.2) is 53.6 Å². The summed E-state index contributed by atoms with van der Waals surface area (Å²) in [7, 11) is 3.14. The lowest BCUT2D eigenvalue weighted by molar-refractivity contribution is -0.140. The maximum absolute atomic E-state index is 12.7. The lowest BCUT2D eigenvalue weighted by Gasteiger charge is -2.27. The van der Waals surface area contributed by atoms with Gasteiger partial charge in [0.2, 0.25) is 5.95 Å². The van der Waals surface area contributed by atoms with E-state index >= 15 is 0 Å². The van der Waals surface area contributed by atoms with Gasteiger partial charge in [-0.2, -0.15) is 4.68 Å². The summed E-state index contributed by atoms with van der Waals surface area (Å²) in [5, 5.41) is 14.7. The Kier molecular flexibility index (Phi) is 4.94. The number of esters is 1. The van der Waals surface area contributed by atoms with Crippen molar-refractivity contribution >= 4 is 11.9 Å². The molecule has 0 saturated carbocycles. The molecular weight excluding hydrogens is 326 g/mol. The maximum Gasteiger partial charge on any atom is 0.338 e. The molecule has 3 rings (SSSR count). The lowest BCUT2D eigenvalue weighted by atomic mass is 9.95. The highest BCUT2D eigenvalue weighted by Crippen LogP contribution is 2.35. The molecule has 1 aliphatic heterocycles. The third kappa shape index (κ3) is 3.31. The number of allylic oxidation sites excluding steroid dienone is 1. The Labute approximate surface area is 144 Å². The van der Waals surface area contributed by atoms with E-state index in [0.717, 1.165) is 5.56 Å². The fraction of sp³-hybridized carbons (Fsp3) is 0.375. The summed E-state index contributed by atoms with van der Waals surface area (Å²) in [4.78, 5) is 12.7. The standard InChI is InChI=1S/C16H19N5O4/c1-10-13(15(22)25-8-7-23-2)14(21-16(17-10)18-19-20-21)11-5-4-6-12(9-11)24-3/h4-6,9,14H,7-8H2,1-3H3,(H,17,18,20). The molecule has 0 spiro atoms. The number of ether oxygens (including phenoxy) is 3.